The number of halogens is 1. The fourth-order valence-electron chi connectivity index (χ4n) is 3.74. The van der Waals surface area contributed by atoms with Crippen molar-refractivity contribution in [2.45, 2.75) is 24.3 Å². The smallest absolute Gasteiger partial charge is 0.256 e. The SMILES string of the molecule is CC1=NN(c2ccccc2)C2(c3ccc(C)cc3C(=O)N2C)C1Br. The molecule has 1 spiro atoms. The van der Waals surface area contributed by atoms with Crippen LogP contribution < -0.4 is 5.01 Å². The minimum atomic E-state index is -0.675. The lowest BCUT2D eigenvalue weighted by Crippen LogP contribution is -2.56. The van der Waals surface area contributed by atoms with E-state index in [1.165, 1.54) is 0 Å². The number of hydrogen-bond donors (Lipinski definition) is 0. The van der Waals surface area contributed by atoms with Crippen molar-refractivity contribution in [1.82, 2.24) is 4.90 Å². The van der Waals surface area contributed by atoms with Crippen LogP contribution in [0.1, 0.15) is 28.4 Å². The van der Waals surface area contributed by atoms with E-state index in [1.54, 1.807) is 0 Å². The monoisotopic (exact) mass is 383 g/mol. The molecule has 0 bridgehead atoms. The van der Waals surface area contributed by atoms with Gasteiger partial charge in [-0.15, -0.1) is 0 Å². The third-order valence-electron chi connectivity index (χ3n) is 4.92. The summed E-state index contributed by atoms with van der Waals surface area (Å²) < 4.78 is 0. The highest BCUT2D eigenvalue weighted by atomic mass is 79.9. The predicted molar refractivity (Wildman–Crippen MR) is 99.7 cm³/mol. The van der Waals surface area contributed by atoms with Crippen LogP contribution in [-0.2, 0) is 5.66 Å². The van der Waals surface area contributed by atoms with E-state index in [9.17, 15) is 4.79 Å². The average Bonchev–Trinajstić information content (AvgIpc) is 2.98. The van der Waals surface area contributed by atoms with Crippen LogP contribution in [0.3, 0.4) is 0 Å². The van der Waals surface area contributed by atoms with Gasteiger partial charge in [-0.2, -0.15) is 5.10 Å². The number of nitrogens with zero attached hydrogens (tertiary/aromatic N) is 3. The molecule has 2 aromatic carbocycles. The van der Waals surface area contributed by atoms with Crippen molar-refractivity contribution in [3.8, 4) is 0 Å². The number of hydrazone groups is 1. The van der Waals surface area contributed by atoms with Crippen LogP contribution in [0.4, 0.5) is 5.69 Å². The second kappa shape index (κ2) is 5.18. The van der Waals surface area contributed by atoms with Gasteiger partial charge in [-0.05, 0) is 32.0 Å². The molecule has 4 nitrogen and oxygen atoms in total. The summed E-state index contributed by atoms with van der Waals surface area (Å²) in [6.45, 7) is 4.00. The molecule has 0 radical (unpaired) electrons. The molecule has 4 rings (SSSR count). The zero-order valence-electron chi connectivity index (χ0n) is 13.8. The maximum Gasteiger partial charge on any atom is 0.256 e. The Balaban J connectivity index is 2.00. The van der Waals surface area contributed by atoms with Crippen LogP contribution >= 0.6 is 15.9 Å². The molecule has 2 aliphatic heterocycles. The van der Waals surface area contributed by atoms with E-state index in [2.05, 4.69) is 28.1 Å². The molecule has 5 heteroatoms. The third kappa shape index (κ3) is 1.79. The Morgan fingerprint density at radius 3 is 2.54 bits per heavy atom. The molecule has 2 aliphatic rings. The van der Waals surface area contributed by atoms with Gasteiger partial charge in [-0.3, -0.25) is 4.79 Å². The van der Waals surface area contributed by atoms with Crippen molar-refractivity contribution < 1.29 is 4.79 Å². The number of para-hydroxylation sites is 1. The van der Waals surface area contributed by atoms with E-state index < -0.39 is 5.66 Å². The Hall–Kier alpha value is -2.14. The number of rotatable bonds is 1. The normalized spacial score (nSPS) is 25.4. The lowest BCUT2D eigenvalue weighted by molar-refractivity contribution is 0.0659. The number of hydrogen-bond acceptors (Lipinski definition) is 3. The zero-order chi connectivity index (χ0) is 17.1. The number of carbonyl (C=O) groups is 1. The van der Waals surface area contributed by atoms with E-state index in [-0.39, 0.29) is 10.7 Å². The van der Waals surface area contributed by atoms with Crippen molar-refractivity contribution in [3.05, 3.63) is 65.2 Å². The van der Waals surface area contributed by atoms with Crippen molar-refractivity contribution in [3.63, 3.8) is 0 Å². The molecule has 0 aromatic heterocycles. The second-order valence-electron chi connectivity index (χ2n) is 6.39. The Morgan fingerprint density at radius 2 is 1.83 bits per heavy atom. The van der Waals surface area contributed by atoms with Gasteiger partial charge in [0, 0.05) is 18.2 Å². The largest absolute Gasteiger partial charge is 0.312 e. The van der Waals surface area contributed by atoms with E-state index in [4.69, 9.17) is 5.10 Å². The summed E-state index contributed by atoms with van der Waals surface area (Å²) in [5, 5.41) is 6.76. The van der Waals surface area contributed by atoms with Gasteiger partial charge in [0.25, 0.3) is 5.91 Å². The van der Waals surface area contributed by atoms with Gasteiger partial charge in [0.1, 0.15) is 4.83 Å². The number of aryl methyl sites for hydroxylation is 1. The van der Waals surface area contributed by atoms with Crippen LogP contribution in [0, 0.1) is 6.92 Å². The van der Waals surface area contributed by atoms with Crippen LogP contribution in [0.2, 0.25) is 0 Å². The van der Waals surface area contributed by atoms with E-state index in [1.807, 2.05) is 67.2 Å². The molecule has 1 amide bonds. The Morgan fingerprint density at radius 1 is 1.12 bits per heavy atom. The van der Waals surface area contributed by atoms with Gasteiger partial charge in [0.05, 0.1) is 11.4 Å². The Labute approximate surface area is 149 Å². The van der Waals surface area contributed by atoms with E-state index in [0.29, 0.717) is 0 Å². The predicted octanol–water partition coefficient (Wildman–Crippen LogP) is 3.89. The van der Waals surface area contributed by atoms with Gasteiger partial charge < -0.3 is 4.90 Å². The number of carbonyl (C=O) groups excluding carboxylic acids is 1. The van der Waals surface area contributed by atoms with Crippen molar-refractivity contribution in [2.24, 2.45) is 5.10 Å². The summed E-state index contributed by atoms with van der Waals surface area (Å²) >= 11 is 3.82. The molecule has 2 aromatic rings. The van der Waals surface area contributed by atoms with Gasteiger partial charge >= 0.3 is 0 Å². The molecular weight excluding hydrogens is 366 g/mol. The first-order chi connectivity index (χ1) is 11.5. The van der Waals surface area contributed by atoms with Crippen LogP contribution in [-0.4, -0.2) is 28.4 Å². The lowest BCUT2D eigenvalue weighted by Gasteiger charge is -2.42. The molecule has 122 valence electrons. The topological polar surface area (TPSA) is 35.9 Å². The first-order valence-electron chi connectivity index (χ1n) is 7.91. The van der Waals surface area contributed by atoms with Gasteiger partial charge in [0.2, 0.25) is 0 Å². The second-order valence-corrected chi connectivity index (χ2v) is 7.31. The minimum Gasteiger partial charge on any atom is -0.312 e. The highest BCUT2D eigenvalue weighted by Gasteiger charge is 2.60. The summed E-state index contributed by atoms with van der Waals surface area (Å²) in [5.74, 6) is 0.0315. The van der Waals surface area contributed by atoms with Crippen molar-refractivity contribution >= 4 is 33.2 Å². The van der Waals surface area contributed by atoms with E-state index >= 15 is 0 Å². The molecule has 2 heterocycles. The maximum absolute atomic E-state index is 13.0. The Kier molecular flexibility index (Phi) is 3.32. The Bertz CT molecular complexity index is 864. The molecule has 0 N–H and O–H groups in total. The zero-order valence-corrected chi connectivity index (χ0v) is 15.4. The standard InChI is InChI=1S/C19H18BrN3O/c1-12-9-10-16-15(11-12)18(24)22(3)19(16)17(20)13(2)21-23(19)14-7-5-4-6-8-14/h4-11,17H,1-3H3. The first-order valence-corrected chi connectivity index (χ1v) is 8.83. The molecule has 2 atom stereocenters. The summed E-state index contributed by atoms with van der Waals surface area (Å²) in [5.41, 5.74) is 4.07. The number of benzene rings is 2. The van der Waals surface area contributed by atoms with Gasteiger partial charge in [0.15, 0.2) is 5.66 Å². The fraction of sp³-hybridized carbons (Fsp3) is 0.263. The third-order valence-corrected chi connectivity index (χ3v) is 6.22. The molecule has 0 saturated heterocycles. The summed E-state index contributed by atoms with van der Waals surface area (Å²) in [7, 11) is 1.86. The molecule has 0 saturated carbocycles. The van der Waals surface area contributed by atoms with Crippen LogP contribution in [0.5, 0.6) is 0 Å². The van der Waals surface area contributed by atoms with E-state index in [0.717, 1.165) is 28.1 Å². The molecular formula is C19H18BrN3O. The lowest BCUT2D eigenvalue weighted by atomic mass is 9.92. The van der Waals surface area contributed by atoms with Crippen molar-refractivity contribution in [1.29, 1.82) is 0 Å². The number of alkyl halides is 1. The van der Waals surface area contributed by atoms with Crippen molar-refractivity contribution in [2.75, 3.05) is 12.1 Å². The number of amides is 1. The molecule has 0 aliphatic carbocycles. The van der Waals surface area contributed by atoms with Gasteiger partial charge in [-0.25, -0.2) is 5.01 Å². The number of anilines is 1. The highest BCUT2D eigenvalue weighted by Crippen LogP contribution is 2.51. The van der Waals surface area contributed by atoms with Crippen LogP contribution in [0.15, 0.2) is 53.6 Å². The molecule has 2 unspecified atom stereocenters. The average molecular weight is 384 g/mol. The molecule has 0 fully saturated rings. The minimum absolute atomic E-state index is 0.0315. The summed E-state index contributed by atoms with van der Waals surface area (Å²) in [6, 6.07) is 16.1. The highest BCUT2D eigenvalue weighted by molar-refractivity contribution is 9.10. The fourth-order valence-corrected chi connectivity index (χ4v) is 4.58. The van der Waals surface area contributed by atoms with Gasteiger partial charge in [-0.1, -0.05) is 51.8 Å². The first kappa shape index (κ1) is 15.4. The van der Waals surface area contributed by atoms with Crippen LogP contribution in [0.25, 0.3) is 0 Å². The summed E-state index contributed by atoms with van der Waals surface area (Å²) in [6.07, 6.45) is 0. The molecule has 24 heavy (non-hydrogen) atoms. The maximum atomic E-state index is 13.0. The summed E-state index contributed by atoms with van der Waals surface area (Å²) in [4.78, 5) is 14.7. The quantitative estimate of drug-likeness (QED) is 0.700. The number of fused-ring (bicyclic) bond motifs is 2.